The first kappa shape index (κ1) is 18.7. The van der Waals surface area contributed by atoms with Crippen LogP contribution in [0.3, 0.4) is 0 Å². The number of carbonyl (C=O) groups is 2. The first-order chi connectivity index (χ1) is 11.6. The zero-order chi connectivity index (χ0) is 18.8. The molecule has 1 aromatic rings. The highest BCUT2D eigenvalue weighted by Crippen LogP contribution is 2.31. The topological polar surface area (TPSA) is 165 Å². The second-order valence-electron chi connectivity index (χ2n) is 5.86. The van der Waals surface area contributed by atoms with Crippen molar-refractivity contribution in [2.45, 2.75) is 36.8 Å². The molecule has 25 heavy (non-hydrogen) atoms. The van der Waals surface area contributed by atoms with Gasteiger partial charge in [-0.1, -0.05) is 6.07 Å². The number of carboxylic acids is 1. The van der Waals surface area contributed by atoms with E-state index < -0.39 is 48.7 Å². The van der Waals surface area contributed by atoms with Crippen molar-refractivity contribution in [2.75, 3.05) is 0 Å². The summed E-state index contributed by atoms with van der Waals surface area (Å²) in [6.45, 7) is 0. The second-order valence-corrected chi connectivity index (χ2v) is 5.86. The van der Waals surface area contributed by atoms with Crippen molar-refractivity contribution in [3.8, 4) is 11.5 Å². The number of hydrogen-bond acceptors (Lipinski definition) is 8. The molecule has 9 nitrogen and oxygen atoms in total. The molecule has 0 aromatic heterocycles. The highest BCUT2D eigenvalue weighted by atomic mass is 16.6. The van der Waals surface area contributed by atoms with Gasteiger partial charge in [0.05, 0.1) is 6.10 Å². The zero-order valence-corrected chi connectivity index (χ0v) is 12.9. The number of aliphatic hydroxyl groups excluding tert-OH is 2. The summed E-state index contributed by atoms with van der Waals surface area (Å²) in [7, 11) is 0. The second kappa shape index (κ2) is 7.09. The Kier molecular flexibility index (Phi) is 5.31. The summed E-state index contributed by atoms with van der Waals surface area (Å²) < 4.78 is 4.92. The Morgan fingerprint density at radius 2 is 1.84 bits per heavy atom. The molecule has 0 radical (unpaired) electrons. The zero-order valence-electron chi connectivity index (χ0n) is 12.9. The van der Waals surface area contributed by atoms with E-state index in [2.05, 4.69) is 0 Å². The Hall–Kier alpha value is -2.62. The number of phenols is 2. The highest BCUT2D eigenvalue weighted by Gasteiger charge is 2.50. The number of benzene rings is 1. The molecule has 0 bridgehead atoms. The summed E-state index contributed by atoms with van der Waals surface area (Å²) in [5, 5.41) is 57.0. The van der Waals surface area contributed by atoms with Crippen LogP contribution in [0, 0.1) is 0 Å². The fraction of sp³-hybridized carbons (Fsp3) is 0.375. The lowest BCUT2D eigenvalue weighted by Gasteiger charge is -2.39. The van der Waals surface area contributed by atoms with E-state index in [0.29, 0.717) is 5.56 Å². The molecule has 1 aliphatic rings. The molecule has 1 fully saturated rings. The van der Waals surface area contributed by atoms with Gasteiger partial charge in [0.2, 0.25) is 0 Å². The summed E-state index contributed by atoms with van der Waals surface area (Å²) in [6.07, 6.45) is -3.44. The van der Waals surface area contributed by atoms with Crippen LogP contribution in [-0.2, 0) is 14.3 Å². The normalized spacial score (nSPS) is 29.5. The van der Waals surface area contributed by atoms with E-state index in [0.717, 1.165) is 6.08 Å². The minimum Gasteiger partial charge on any atom is -0.504 e. The first-order valence-corrected chi connectivity index (χ1v) is 7.35. The van der Waals surface area contributed by atoms with Crippen molar-refractivity contribution in [3.05, 3.63) is 29.8 Å². The van der Waals surface area contributed by atoms with Crippen LogP contribution in [0.1, 0.15) is 18.4 Å². The third-order valence-corrected chi connectivity index (χ3v) is 3.94. The van der Waals surface area contributed by atoms with E-state index in [1.54, 1.807) is 0 Å². The molecule has 0 spiro atoms. The van der Waals surface area contributed by atoms with Gasteiger partial charge in [-0.05, 0) is 23.8 Å². The molecule has 1 aromatic carbocycles. The molecule has 0 aliphatic heterocycles. The van der Waals surface area contributed by atoms with Gasteiger partial charge in [-0.3, -0.25) is 0 Å². The van der Waals surface area contributed by atoms with Crippen molar-refractivity contribution in [3.63, 3.8) is 0 Å². The number of phenolic OH excluding ortho intramolecular Hbond substituents is 2. The smallest absolute Gasteiger partial charge is 0.335 e. The molecule has 2 rings (SSSR count). The van der Waals surface area contributed by atoms with Crippen molar-refractivity contribution in [1.82, 2.24) is 0 Å². The lowest BCUT2D eigenvalue weighted by molar-refractivity contribution is -0.196. The van der Waals surface area contributed by atoms with Crippen molar-refractivity contribution in [1.29, 1.82) is 0 Å². The predicted molar refractivity (Wildman–Crippen MR) is 82.5 cm³/mol. The molecular formula is C16H18O9. The average molecular weight is 354 g/mol. The minimum atomic E-state index is -2.31. The van der Waals surface area contributed by atoms with Crippen molar-refractivity contribution >= 4 is 18.0 Å². The molecule has 6 N–H and O–H groups in total. The van der Waals surface area contributed by atoms with E-state index >= 15 is 0 Å². The van der Waals surface area contributed by atoms with Crippen molar-refractivity contribution in [2.24, 2.45) is 0 Å². The van der Waals surface area contributed by atoms with E-state index in [4.69, 9.17) is 9.84 Å². The van der Waals surface area contributed by atoms with Gasteiger partial charge < -0.3 is 35.4 Å². The molecular weight excluding hydrogens is 336 g/mol. The molecule has 136 valence electrons. The molecule has 0 saturated heterocycles. The minimum absolute atomic E-state index is 0.327. The number of carboxylic acid groups (broad SMARTS) is 1. The van der Waals surface area contributed by atoms with Crippen LogP contribution in [0.4, 0.5) is 0 Å². The van der Waals surface area contributed by atoms with Crippen LogP contribution in [0.2, 0.25) is 0 Å². The van der Waals surface area contributed by atoms with E-state index in [1.165, 1.54) is 24.3 Å². The maximum absolute atomic E-state index is 11.8. The third-order valence-electron chi connectivity index (χ3n) is 3.94. The van der Waals surface area contributed by atoms with Gasteiger partial charge in [0.25, 0.3) is 0 Å². The van der Waals surface area contributed by atoms with Gasteiger partial charge >= 0.3 is 11.9 Å². The van der Waals surface area contributed by atoms with Crippen LogP contribution in [0.15, 0.2) is 24.3 Å². The Balaban J connectivity index is 2.06. The number of aliphatic hydroxyl groups is 3. The average Bonchev–Trinajstić information content (AvgIpc) is 2.53. The van der Waals surface area contributed by atoms with Gasteiger partial charge in [-0.25, -0.2) is 9.59 Å². The quantitative estimate of drug-likeness (QED) is 0.234. The van der Waals surface area contributed by atoms with E-state index in [1.807, 2.05) is 0 Å². The lowest BCUT2D eigenvalue weighted by atomic mass is 9.79. The summed E-state index contributed by atoms with van der Waals surface area (Å²) in [6, 6.07) is 3.83. The summed E-state index contributed by atoms with van der Waals surface area (Å²) >= 11 is 0. The van der Waals surface area contributed by atoms with Crippen LogP contribution < -0.4 is 0 Å². The summed E-state index contributed by atoms with van der Waals surface area (Å²) in [4.78, 5) is 22.9. The fourth-order valence-electron chi connectivity index (χ4n) is 2.53. The molecule has 0 amide bonds. The van der Waals surface area contributed by atoms with Crippen LogP contribution in [-0.4, -0.2) is 66.5 Å². The third kappa shape index (κ3) is 4.27. The van der Waals surface area contributed by atoms with Gasteiger partial charge in [0, 0.05) is 18.9 Å². The maximum atomic E-state index is 11.8. The van der Waals surface area contributed by atoms with Crippen LogP contribution in [0.5, 0.6) is 11.5 Å². The summed E-state index contributed by atoms with van der Waals surface area (Å²) in [5.41, 5.74) is -1.94. The van der Waals surface area contributed by atoms with Gasteiger partial charge in [0.15, 0.2) is 17.1 Å². The standard InChI is InChI=1S/C16H18O9/c17-9-3-1-8(5-10(9)18)2-4-13(20)25-12-7-16(24,15(22)23)6-11(19)14(12)21/h1-5,11-12,14,17-19,21,24H,6-7H2,(H,22,23)/b4-2+/t11-,12-,14+,16-/m0/s1. The molecule has 4 atom stereocenters. The molecule has 1 aliphatic carbocycles. The number of aliphatic carboxylic acids is 1. The Morgan fingerprint density at radius 1 is 1.16 bits per heavy atom. The summed E-state index contributed by atoms with van der Waals surface area (Å²) in [5.74, 6) is -3.24. The van der Waals surface area contributed by atoms with Crippen molar-refractivity contribution < 1.29 is 45.0 Å². The van der Waals surface area contributed by atoms with Crippen LogP contribution >= 0.6 is 0 Å². The molecule has 0 unspecified atom stereocenters. The monoisotopic (exact) mass is 354 g/mol. The molecule has 1 saturated carbocycles. The number of aromatic hydroxyl groups is 2. The number of rotatable bonds is 4. The number of ether oxygens (including phenoxy) is 1. The Bertz CT molecular complexity index is 699. The van der Waals surface area contributed by atoms with E-state index in [-0.39, 0.29) is 11.5 Å². The lowest BCUT2D eigenvalue weighted by Crippen LogP contribution is -2.57. The Morgan fingerprint density at radius 3 is 2.44 bits per heavy atom. The van der Waals surface area contributed by atoms with Crippen LogP contribution in [0.25, 0.3) is 6.08 Å². The SMILES string of the molecule is O=C(/C=C/c1ccc(O)c(O)c1)O[C@H]1C[C@](O)(C(=O)O)C[C@H](O)[C@H]1O. The maximum Gasteiger partial charge on any atom is 0.335 e. The fourth-order valence-corrected chi connectivity index (χ4v) is 2.53. The predicted octanol–water partition coefficient (Wildman–Crippen LogP) is -0.646. The van der Waals surface area contributed by atoms with Gasteiger partial charge in [-0.2, -0.15) is 0 Å². The number of hydrogen-bond donors (Lipinski definition) is 6. The van der Waals surface area contributed by atoms with Gasteiger partial charge in [-0.15, -0.1) is 0 Å². The Labute approximate surface area is 142 Å². The number of carbonyl (C=O) groups excluding carboxylic acids is 1. The highest BCUT2D eigenvalue weighted by molar-refractivity contribution is 5.87. The molecule has 0 heterocycles. The van der Waals surface area contributed by atoms with Gasteiger partial charge in [0.1, 0.15) is 12.2 Å². The largest absolute Gasteiger partial charge is 0.504 e. The number of esters is 1. The molecule has 9 heteroatoms. The first-order valence-electron chi connectivity index (χ1n) is 7.35. The van der Waals surface area contributed by atoms with E-state index in [9.17, 15) is 35.1 Å².